The summed E-state index contributed by atoms with van der Waals surface area (Å²) in [7, 11) is 1.63. The van der Waals surface area contributed by atoms with E-state index in [2.05, 4.69) is 20.4 Å². The molecule has 0 spiro atoms. The van der Waals surface area contributed by atoms with Gasteiger partial charge in [-0.05, 0) is 80.9 Å². The molecule has 2 aliphatic rings. The number of aryl methyl sites for hydroxylation is 2. The molecule has 6 aromatic rings. The third-order valence-corrected chi connectivity index (χ3v) is 12.4. The van der Waals surface area contributed by atoms with E-state index in [4.69, 9.17) is 61.6 Å². The highest BCUT2D eigenvalue weighted by molar-refractivity contribution is 6.31. The summed E-state index contributed by atoms with van der Waals surface area (Å²) in [6.45, 7) is 9.18. The maximum Gasteiger partial charge on any atom is 0.162 e. The van der Waals surface area contributed by atoms with E-state index >= 15 is 0 Å². The predicted octanol–water partition coefficient (Wildman–Crippen LogP) is 8.82. The third-order valence-electron chi connectivity index (χ3n) is 11.9. The number of rotatable bonds is 25. The number of carbonyl (C=O) groups is 2. The number of methoxy groups -OCH3 is 1. The molecule has 16 nitrogen and oxygen atoms in total. The van der Waals surface area contributed by atoms with Crippen LogP contribution in [-0.4, -0.2) is 119 Å². The minimum absolute atomic E-state index is 0.0535. The van der Waals surface area contributed by atoms with Crippen molar-refractivity contribution in [1.29, 1.82) is 0 Å². The number of nitrogens with zero attached hydrogens (tertiary/aromatic N) is 8. The van der Waals surface area contributed by atoms with Crippen LogP contribution in [0.15, 0.2) is 94.9 Å². The van der Waals surface area contributed by atoms with Crippen LogP contribution in [0.3, 0.4) is 0 Å². The number of carbonyl (C=O) groups excluding carboxylic acids is 2. The van der Waals surface area contributed by atoms with Gasteiger partial charge in [0.15, 0.2) is 11.6 Å². The first kappa shape index (κ1) is 50.3. The molecule has 366 valence electrons. The van der Waals surface area contributed by atoms with Gasteiger partial charge in [-0.2, -0.15) is 0 Å². The summed E-state index contributed by atoms with van der Waals surface area (Å²) < 4.78 is 38.5. The van der Waals surface area contributed by atoms with Gasteiger partial charge in [0, 0.05) is 64.6 Å². The molecule has 4 aromatic carbocycles. The first-order valence-corrected chi connectivity index (χ1v) is 24.2. The molecule has 70 heavy (non-hydrogen) atoms. The van der Waals surface area contributed by atoms with Gasteiger partial charge >= 0.3 is 0 Å². The number of aromatic nitrogens is 6. The molecule has 0 bridgehead atoms. The Labute approximate surface area is 417 Å². The monoisotopic (exact) mass is 990 g/mol. The van der Waals surface area contributed by atoms with Crippen molar-refractivity contribution in [2.75, 3.05) is 66.6 Å². The SMILES string of the molecule is CCC(=O)C[C@@H]1N=C(c2ccc(Cl)cc2)c2cc(OCCOCCOCCOCCOCCCC(=O)C[C@@H]3N=C(c4ccc(Cl)cc4)c4cc(OC)ccc4-n4c(C)nnc43)ccc2-n2c(C)nnc21. The summed E-state index contributed by atoms with van der Waals surface area (Å²) in [5.74, 6) is 4.10. The van der Waals surface area contributed by atoms with Gasteiger partial charge < -0.3 is 28.4 Å². The molecule has 8 rings (SSSR count). The smallest absolute Gasteiger partial charge is 0.162 e. The molecule has 0 amide bonds. The van der Waals surface area contributed by atoms with E-state index in [9.17, 15) is 9.59 Å². The van der Waals surface area contributed by atoms with Crippen LogP contribution in [0.5, 0.6) is 11.5 Å². The molecule has 0 radical (unpaired) electrons. The second kappa shape index (κ2) is 24.1. The van der Waals surface area contributed by atoms with Gasteiger partial charge in [-0.1, -0.05) is 54.4 Å². The summed E-state index contributed by atoms with van der Waals surface area (Å²) in [5, 5.41) is 18.9. The fraction of sp³-hybridized carbons (Fsp3) is 0.385. The van der Waals surface area contributed by atoms with Crippen molar-refractivity contribution in [2.45, 2.75) is 65.0 Å². The number of ketones is 2. The Kier molecular flexibility index (Phi) is 17.3. The van der Waals surface area contributed by atoms with E-state index < -0.39 is 12.1 Å². The van der Waals surface area contributed by atoms with Crippen LogP contribution in [0, 0.1) is 13.8 Å². The van der Waals surface area contributed by atoms with Crippen molar-refractivity contribution in [2.24, 2.45) is 9.98 Å². The van der Waals surface area contributed by atoms with Gasteiger partial charge in [0.2, 0.25) is 0 Å². The third kappa shape index (κ3) is 12.2. The topological polar surface area (TPSA) is 176 Å². The van der Waals surface area contributed by atoms with Crippen molar-refractivity contribution in [3.05, 3.63) is 141 Å². The van der Waals surface area contributed by atoms with Crippen molar-refractivity contribution >= 4 is 46.2 Å². The van der Waals surface area contributed by atoms with Crippen molar-refractivity contribution in [1.82, 2.24) is 29.5 Å². The average molecular weight is 992 g/mol. The van der Waals surface area contributed by atoms with E-state index in [1.165, 1.54) is 0 Å². The number of aliphatic imine (C=N–C) groups is 2. The zero-order chi connectivity index (χ0) is 49.0. The number of halogens is 2. The first-order valence-electron chi connectivity index (χ1n) is 23.4. The number of fused-ring (bicyclic) bond motifs is 6. The van der Waals surface area contributed by atoms with E-state index in [1.807, 2.05) is 115 Å². The van der Waals surface area contributed by atoms with Crippen LogP contribution < -0.4 is 9.47 Å². The molecule has 0 saturated heterocycles. The molecule has 2 aromatic heterocycles. The number of Topliss-reactive ketones (excluding diaryl/α,β-unsaturated/α-hetero) is 2. The van der Waals surface area contributed by atoms with Gasteiger partial charge in [-0.3, -0.25) is 28.7 Å². The highest BCUT2D eigenvalue weighted by Gasteiger charge is 2.31. The minimum atomic E-state index is -0.547. The molecule has 0 fully saturated rings. The summed E-state index contributed by atoms with van der Waals surface area (Å²) in [5.41, 5.74) is 6.53. The lowest BCUT2D eigenvalue weighted by Gasteiger charge is -2.15. The molecular weight excluding hydrogens is 936 g/mol. The quantitative estimate of drug-likeness (QED) is 0.0499. The van der Waals surface area contributed by atoms with Crippen LogP contribution >= 0.6 is 23.2 Å². The van der Waals surface area contributed by atoms with E-state index in [-0.39, 0.29) is 24.4 Å². The zero-order valence-corrected chi connectivity index (χ0v) is 41.2. The molecule has 0 N–H and O–H groups in total. The van der Waals surface area contributed by atoms with Crippen LogP contribution in [0.25, 0.3) is 11.4 Å². The number of benzene rings is 4. The summed E-state index contributed by atoms with van der Waals surface area (Å²) in [6.07, 6.45) is 1.69. The standard InChI is InChI=1S/C52H56Cl2N8O8/c1-5-39(63)29-45-51-59-57-34(3)62(51)48-19-17-42(32-44(48)50(55-45)36-10-14-38(54)15-11-36)70-28-27-69-26-25-68-24-23-67-22-21-66-20-6-7-40(64)30-46-52-60-58-33(2)61(52)47-18-16-41(65-4)31-43(47)49(56-46)35-8-12-37(53)13-9-35/h8-19,31-32,45-46H,5-7,20-30H2,1-4H3/t45-,46-/m0/s1. The molecule has 0 unspecified atom stereocenters. The van der Waals surface area contributed by atoms with Crippen LogP contribution in [-0.2, 0) is 28.5 Å². The molecule has 4 heterocycles. The van der Waals surface area contributed by atoms with E-state index in [0.29, 0.717) is 129 Å². The highest BCUT2D eigenvalue weighted by atomic mass is 35.5. The van der Waals surface area contributed by atoms with Gasteiger partial charge in [0.05, 0.1) is 76.2 Å². The van der Waals surface area contributed by atoms with Crippen molar-refractivity contribution in [3.8, 4) is 22.9 Å². The largest absolute Gasteiger partial charge is 0.497 e. The lowest BCUT2D eigenvalue weighted by atomic mass is 9.99. The highest BCUT2D eigenvalue weighted by Crippen LogP contribution is 2.37. The maximum absolute atomic E-state index is 13.4. The van der Waals surface area contributed by atoms with Gasteiger partial charge in [-0.25, -0.2) is 0 Å². The van der Waals surface area contributed by atoms with Crippen LogP contribution in [0.1, 0.15) is 96.7 Å². The van der Waals surface area contributed by atoms with E-state index in [0.717, 1.165) is 39.3 Å². The Bertz CT molecular complexity index is 2830. The van der Waals surface area contributed by atoms with Gasteiger partial charge in [0.25, 0.3) is 0 Å². The molecule has 0 aliphatic carbocycles. The van der Waals surface area contributed by atoms with Gasteiger partial charge in [-0.15, -0.1) is 20.4 Å². The molecular formula is C52H56Cl2N8O8. The van der Waals surface area contributed by atoms with Crippen LogP contribution in [0.4, 0.5) is 0 Å². The molecule has 2 aliphatic heterocycles. The lowest BCUT2D eigenvalue weighted by molar-refractivity contribution is -0.120. The minimum Gasteiger partial charge on any atom is -0.497 e. The second-order valence-electron chi connectivity index (χ2n) is 16.7. The Morgan fingerprint density at radius 3 is 1.49 bits per heavy atom. The molecule has 18 heteroatoms. The maximum atomic E-state index is 13.4. The Morgan fingerprint density at radius 2 is 1.00 bits per heavy atom. The van der Waals surface area contributed by atoms with Crippen LogP contribution in [0.2, 0.25) is 10.0 Å². The van der Waals surface area contributed by atoms with Crippen molar-refractivity contribution in [3.63, 3.8) is 0 Å². The first-order chi connectivity index (χ1) is 34.1. The Balaban J connectivity index is 0.721. The lowest BCUT2D eigenvalue weighted by Crippen LogP contribution is -2.14. The van der Waals surface area contributed by atoms with E-state index in [1.54, 1.807) is 7.11 Å². The summed E-state index contributed by atoms with van der Waals surface area (Å²) in [6, 6.07) is 25.6. The number of ether oxygens (including phenoxy) is 6. The fourth-order valence-electron chi connectivity index (χ4n) is 8.35. The van der Waals surface area contributed by atoms with Gasteiger partial charge in [0.1, 0.15) is 53.4 Å². The molecule has 0 saturated carbocycles. The van der Waals surface area contributed by atoms with Crippen molar-refractivity contribution < 1.29 is 38.0 Å². The average Bonchev–Trinajstić information content (AvgIpc) is 3.87. The second-order valence-corrected chi connectivity index (χ2v) is 17.6. The zero-order valence-electron chi connectivity index (χ0n) is 39.7. The fourth-order valence-corrected chi connectivity index (χ4v) is 8.60. The normalized spacial score (nSPS) is 14.9. The summed E-state index contributed by atoms with van der Waals surface area (Å²) in [4.78, 5) is 36.3. The summed E-state index contributed by atoms with van der Waals surface area (Å²) >= 11 is 12.5. The Morgan fingerprint density at radius 1 is 0.557 bits per heavy atom. The number of hydrogen-bond acceptors (Lipinski definition) is 14. The molecule has 2 atom stereocenters. The predicted molar refractivity (Wildman–Crippen MR) is 266 cm³/mol. The Hall–Kier alpha value is -6.14. The number of hydrogen-bond donors (Lipinski definition) is 0.